The Labute approximate surface area is 144 Å². The second-order valence-electron chi connectivity index (χ2n) is 6.14. The molecular formula is C20H26N2O2. The fraction of sp³-hybridized carbons (Fsp3) is 0.350. The van der Waals surface area contributed by atoms with E-state index in [9.17, 15) is 4.79 Å². The summed E-state index contributed by atoms with van der Waals surface area (Å²) in [5.41, 5.74) is 2.27. The zero-order valence-corrected chi connectivity index (χ0v) is 14.6. The SMILES string of the molecule is CNC(=O)[C@@H](NCc1ccc(OCc2ccccc2)cc1)C(C)C. The Bertz CT molecular complexity index is 624. The van der Waals surface area contributed by atoms with Crippen LogP contribution in [0.15, 0.2) is 54.6 Å². The van der Waals surface area contributed by atoms with Crippen LogP contribution in [0.4, 0.5) is 0 Å². The van der Waals surface area contributed by atoms with Crippen LogP contribution in [0.3, 0.4) is 0 Å². The molecule has 0 fully saturated rings. The molecule has 0 spiro atoms. The quantitative estimate of drug-likeness (QED) is 0.783. The van der Waals surface area contributed by atoms with Crippen molar-refractivity contribution in [1.82, 2.24) is 10.6 Å². The summed E-state index contributed by atoms with van der Waals surface area (Å²) in [7, 11) is 1.66. The highest BCUT2D eigenvalue weighted by atomic mass is 16.5. The number of hydrogen-bond acceptors (Lipinski definition) is 3. The summed E-state index contributed by atoms with van der Waals surface area (Å²) < 4.78 is 5.78. The van der Waals surface area contributed by atoms with Crippen molar-refractivity contribution >= 4 is 5.91 Å². The maximum atomic E-state index is 11.9. The zero-order valence-electron chi connectivity index (χ0n) is 14.6. The van der Waals surface area contributed by atoms with Crippen molar-refractivity contribution in [3.63, 3.8) is 0 Å². The molecule has 0 aromatic heterocycles. The number of carbonyl (C=O) groups is 1. The average Bonchev–Trinajstić information content (AvgIpc) is 2.61. The van der Waals surface area contributed by atoms with E-state index in [1.165, 1.54) is 0 Å². The van der Waals surface area contributed by atoms with Crippen molar-refractivity contribution in [2.75, 3.05) is 7.05 Å². The molecule has 0 aliphatic rings. The molecule has 0 aliphatic heterocycles. The van der Waals surface area contributed by atoms with E-state index in [-0.39, 0.29) is 17.9 Å². The van der Waals surface area contributed by atoms with Crippen molar-refractivity contribution < 1.29 is 9.53 Å². The summed E-state index contributed by atoms with van der Waals surface area (Å²) >= 11 is 0. The van der Waals surface area contributed by atoms with Gasteiger partial charge in [0.2, 0.25) is 5.91 Å². The van der Waals surface area contributed by atoms with Gasteiger partial charge < -0.3 is 15.4 Å². The minimum Gasteiger partial charge on any atom is -0.489 e. The van der Waals surface area contributed by atoms with Crippen molar-refractivity contribution in [1.29, 1.82) is 0 Å². The molecule has 1 atom stereocenters. The maximum absolute atomic E-state index is 11.9. The highest BCUT2D eigenvalue weighted by Gasteiger charge is 2.19. The third-order valence-electron chi connectivity index (χ3n) is 3.89. The molecule has 2 aromatic carbocycles. The first kappa shape index (κ1) is 18.0. The number of hydrogen-bond donors (Lipinski definition) is 2. The second kappa shape index (κ2) is 9.08. The highest BCUT2D eigenvalue weighted by Crippen LogP contribution is 2.14. The van der Waals surface area contributed by atoms with Crippen LogP contribution in [0, 0.1) is 5.92 Å². The maximum Gasteiger partial charge on any atom is 0.237 e. The van der Waals surface area contributed by atoms with Crippen LogP contribution in [0.2, 0.25) is 0 Å². The van der Waals surface area contributed by atoms with Gasteiger partial charge in [-0.15, -0.1) is 0 Å². The normalized spacial score (nSPS) is 12.0. The molecule has 4 heteroatoms. The van der Waals surface area contributed by atoms with E-state index >= 15 is 0 Å². The van der Waals surface area contributed by atoms with Crippen molar-refractivity contribution in [2.45, 2.75) is 33.0 Å². The number of benzene rings is 2. The predicted octanol–water partition coefficient (Wildman–Crippen LogP) is 3.13. The van der Waals surface area contributed by atoms with Crippen molar-refractivity contribution in [3.05, 3.63) is 65.7 Å². The van der Waals surface area contributed by atoms with E-state index in [0.717, 1.165) is 16.9 Å². The number of ether oxygens (including phenoxy) is 1. The first-order chi connectivity index (χ1) is 11.6. The number of nitrogens with one attached hydrogen (secondary N) is 2. The van der Waals surface area contributed by atoms with Gasteiger partial charge in [0.15, 0.2) is 0 Å². The Morgan fingerprint density at radius 2 is 1.67 bits per heavy atom. The monoisotopic (exact) mass is 326 g/mol. The molecule has 0 saturated carbocycles. The van der Waals surface area contributed by atoms with Crippen LogP contribution in [-0.4, -0.2) is 19.0 Å². The molecule has 1 amide bonds. The van der Waals surface area contributed by atoms with E-state index in [0.29, 0.717) is 13.2 Å². The number of carbonyl (C=O) groups excluding carboxylic acids is 1. The first-order valence-electron chi connectivity index (χ1n) is 8.31. The molecular weight excluding hydrogens is 300 g/mol. The van der Waals surface area contributed by atoms with Gasteiger partial charge in [-0.1, -0.05) is 56.3 Å². The van der Waals surface area contributed by atoms with Gasteiger partial charge in [-0.05, 0) is 29.2 Å². The minimum absolute atomic E-state index is 0.0211. The molecule has 0 unspecified atom stereocenters. The molecule has 0 aliphatic carbocycles. The smallest absolute Gasteiger partial charge is 0.237 e. The Morgan fingerprint density at radius 1 is 1.00 bits per heavy atom. The standard InChI is InChI=1S/C20H26N2O2/c1-15(2)19(20(23)21-3)22-13-16-9-11-18(12-10-16)24-14-17-7-5-4-6-8-17/h4-12,15,19,22H,13-14H2,1-3H3,(H,21,23)/t19-/m0/s1. The van der Waals surface area contributed by atoms with Gasteiger partial charge in [0.05, 0.1) is 6.04 Å². The van der Waals surface area contributed by atoms with E-state index in [2.05, 4.69) is 10.6 Å². The van der Waals surface area contributed by atoms with Crippen LogP contribution in [0.5, 0.6) is 5.75 Å². The van der Waals surface area contributed by atoms with Crippen LogP contribution < -0.4 is 15.4 Å². The predicted molar refractivity (Wildman–Crippen MR) is 96.7 cm³/mol. The number of rotatable bonds is 8. The fourth-order valence-electron chi connectivity index (χ4n) is 2.46. The summed E-state index contributed by atoms with van der Waals surface area (Å²) in [4.78, 5) is 11.9. The molecule has 128 valence electrons. The van der Waals surface area contributed by atoms with E-state index in [4.69, 9.17) is 4.74 Å². The summed E-state index contributed by atoms with van der Waals surface area (Å²) in [5, 5.41) is 6.01. The molecule has 4 nitrogen and oxygen atoms in total. The summed E-state index contributed by atoms with van der Waals surface area (Å²) in [6, 6.07) is 17.9. The Kier molecular flexibility index (Phi) is 6.82. The van der Waals surface area contributed by atoms with Gasteiger partial charge in [-0.3, -0.25) is 4.79 Å². The lowest BCUT2D eigenvalue weighted by atomic mass is 10.0. The number of amides is 1. The molecule has 2 N–H and O–H groups in total. The van der Waals surface area contributed by atoms with Gasteiger partial charge in [0.1, 0.15) is 12.4 Å². The van der Waals surface area contributed by atoms with Crippen molar-refractivity contribution in [2.24, 2.45) is 5.92 Å². The fourth-order valence-corrected chi connectivity index (χ4v) is 2.46. The molecule has 0 saturated heterocycles. The van der Waals surface area contributed by atoms with Gasteiger partial charge in [-0.2, -0.15) is 0 Å². The minimum atomic E-state index is -0.191. The lowest BCUT2D eigenvalue weighted by molar-refractivity contribution is -0.123. The third kappa shape index (κ3) is 5.39. The van der Waals surface area contributed by atoms with E-state index in [1.54, 1.807) is 7.05 Å². The second-order valence-corrected chi connectivity index (χ2v) is 6.14. The Balaban J connectivity index is 1.86. The largest absolute Gasteiger partial charge is 0.489 e. The average molecular weight is 326 g/mol. The molecule has 2 rings (SSSR count). The Morgan fingerprint density at radius 3 is 2.25 bits per heavy atom. The van der Waals surface area contributed by atoms with Crippen LogP contribution >= 0.6 is 0 Å². The lowest BCUT2D eigenvalue weighted by Gasteiger charge is -2.20. The summed E-state index contributed by atoms with van der Waals surface area (Å²) in [5.74, 6) is 1.10. The lowest BCUT2D eigenvalue weighted by Crippen LogP contribution is -2.45. The van der Waals surface area contributed by atoms with Crippen LogP contribution in [0.25, 0.3) is 0 Å². The third-order valence-corrected chi connectivity index (χ3v) is 3.89. The Hall–Kier alpha value is -2.33. The molecule has 2 aromatic rings. The highest BCUT2D eigenvalue weighted by molar-refractivity contribution is 5.81. The first-order valence-corrected chi connectivity index (χ1v) is 8.31. The molecule has 24 heavy (non-hydrogen) atoms. The zero-order chi connectivity index (χ0) is 17.4. The van der Waals surface area contributed by atoms with Gasteiger partial charge in [0.25, 0.3) is 0 Å². The summed E-state index contributed by atoms with van der Waals surface area (Å²) in [6.45, 7) is 5.28. The van der Waals surface area contributed by atoms with E-state index in [1.807, 2.05) is 68.4 Å². The van der Waals surface area contributed by atoms with Crippen LogP contribution in [0.1, 0.15) is 25.0 Å². The number of likely N-dealkylation sites (N-methyl/N-ethyl adjacent to an activating group) is 1. The van der Waals surface area contributed by atoms with Gasteiger partial charge in [0, 0.05) is 13.6 Å². The van der Waals surface area contributed by atoms with Gasteiger partial charge in [-0.25, -0.2) is 0 Å². The molecule has 0 bridgehead atoms. The van der Waals surface area contributed by atoms with Crippen LogP contribution in [-0.2, 0) is 17.9 Å². The topological polar surface area (TPSA) is 50.4 Å². The van der Waals surface area contributed by atoms with Gasteiger partial charge >= 0.3 is 0 Å². The van der Waals surface area contributed by atoms with Crippen molar-refractivity contribution in [3.8, 4) is 5.75 Å². The molecule has 0 heterocycles. The molecule has 0 radical (unpaired) electrons. The van der Waals surface area contributed by atoms with E-state index < -0.39 is 0 Å². The summed E-state index contributed by atoms with van der Waals surface area (Å²) in [6.07, 6.45) is 0.